The number of hydrogen-bond donors (Lipinski definition) is 0. The summed E-state index contributed by atoms with van der Waals surface area (Å²) in [4.78, 5) is 0. The first kappa shape index (κ1) is 41.2. The van der Waals surface area contributed by atoms with Crippen molar-refractivity contribution >= 4 is 16.6 Å². The second-order valence-corrected chi connectivity index (χ2v) is 26.3. The molecule has 0 radical (unpaired) electrons. The lowest BCUT2D eigenvalue weighted by atomic mass is 9.81. The largest absolute Gasteiger partial charge is 0.414 e. The second-order valence-electron chi connectivity index (χ2n) is 16.8. The van der Waals surface area contributed by atoms with Crippen LogP contribution in [0, 0.1) is 10.8 Å². The Bertz CT molecular complexity index is 957. The minimum Gasteiger partial charge on any atom is -0.414 e. The van der Waals surface area contributed by atoms with Gasteiger partial charge in [-0.15, -0.1) is 0 Å². The number of halogens is 6. The molecule has 2 atom stereocenters. The van der Waals surface area contributed by atoms with Crippen molar-refractivity contribution in [2.75, 3.05) is 0 Å². The predicted molar refractivity (Wildman–Crippen MR) is 177 cm³/mol. The molecule has 0 aromatic carbocycles. The third-order valence-electron chi connectivity index (χ3n) is 10.0. The number of hydrogen-bond acceptors (Lipinski definition) is 2. The predicted octanol–water partition coefficient (Wildman–Crippen LogP) is 12.7. The highest BCUT2D eigenvalue weighted by Gasteiger charge is 2.66. The Morgan fingerprint density at radius 3 is 1.52 bits per heavy atom. The molecule has 0 aromatic rings. The van der Waals surface area contributed by atoms with Crippen molar-refractivity contribution in [2.24, 2.45) is 10.8 Å². The molecule has 0 heterocycles. The molecule has 258 valence electrons. The highest BCUT2D eigenvalue weighted by atomic mass is 28.4. The summed E-state index contributed by atoms with van der Waals surface area (Å²) >= 11 is 0. The van der Waals surface area contributed by atoms with Gasteiger partial charge in [0.05, 0.1) is 12.2 Å². The van der Waals surface area contributed by atoms with Gasteiger partial charge in [0.15, 0.2) is 22.0 Å². The summed E-state index contributed by atoms with van der Waals surface area (Å²) in [5, 5.41) is 0.230. The standard InChI is InChI=1S/C34H60F6O2Si2/c1-29(2,3)43(10,11)41-27-23-26(24-28(25-27)42-44(12,13)30(4,5)6)19-16-14-15-17-20-31(7,8)21-18-22-32(9,33(35,36)37)34(38,39)40/h14,16,18-19,22,27-28H,15,17,20-21,23-25H2,1-13H3/b16-14+,22-18-,26-19?/t27-,28+. The maximum absolute atomic E-state index is 13.2. The lowest BCUT2D eigenvalue weighted by Gasteiger charge is -2.45. The molecular weight excluding hydrogens is 611 g/mol. The number of unbranched alkanes of at least 4 members (excludes halogenated alkanes) is 1. The summed E-state index contributed by atoms with van der Waals surface area (Å²) in [7, 11) is -3.92. The van der Waals surface area contributed by atoms with Crippen LogP contribution in [0.1, 0.15) is 107 Å². The van der Waals surface area contributed by atoms with Crippen molar-refractivity contribution < 1.29 is 35.2 Å². The van der Waals surface area contributed by atoms with Crippen LogP contribution in [0.3, 0.4) is 0 Å². The van der Waals surface area contributed by atoms with E-state index in [-0.39, 0.29) is 41.7 Å². The van der Waals surface area contributed by atoms with E-state index in [0.717, 1.165) is 38.2 Å². The third kappa shape index (κ3) is 11.7. The molecule has 0 unspecified atom stereocenters. The Morgan fingerprint density at radius 1 is 0.705 bits per heavy atom. The highest BCUT2D eigenvalue weighted by molar-refractivity contribution is 6.74. The fraction of sp³-hybridized carbons (Fsp3) is 0.824. The van der Waals surface area contributed by atoms with E-state index in [9.17, 15) is 26.3 Å². The van der Waals surface area contributed by atoms with E-state index in [1.54, 1.807) is 0 Å². The van der Waals surface area contributed by atoms with E-state index in [1.165, 1.54) is 5.57 Å². The highest BCUT2D eigenvalue weighted by Crippen LogP contribution is 2.51. The zero-order valence-electron chi connectivity index (χ0n) is 29.6. The van der Waals surface area contributed by atoms with Crippen molar-refractivity contribution in [3.63, 3.8) is 0 Å². The Labute approximate surface area is 266 Å². The lowest BCUT2D eigenvalue weighted by Crippen LogP contribution is -2.48. The van der Waals surface area contributed by atoms with E-state index in [4.69, 9.17) is 8.85 Å². The zero-order chi connectivity index (χ0) is 34.6. The SMILES string of the molecule is CC(C)(C/C=C\C(C)(C(F)(F)F)C(F)(F)F)CCC/C=C/C=C1C[C@@H](O[Si](C)(C)C(C)(C)C)C[C@@H](O[Si](C)(C)C(C)(C)C)C1. The van der Waals surface area contributed by atoms with Crippen molar-refractivity contribution in [1.29, 1.82) is 0 Å². The fourth-order valence-electron chi connectivity index (χ4n) is 4.69. The van der Waals surface area contributed by atoms with Gasteiger partial charge in [-0.2, -0.15) is 26.3 Å². The van der Waals surface area contributed by atoms with Crippen LogP contribution in [0.5, 0.6) is 0 Å². The first-order chi connectivity index (χ1) is 19.4. The van der Waals surface area contributed by atoms with Crippen LogP contribution >= 0.6 is 0 Å². The first-order valence-corrected chi connectivity index (χ1v) is 21.8. The molecule has 1 aliphatic rings. The summed E-state index contributed by atoms with van der Waals surface area (Å²) in [5.41, 5.74) is -2.97. The normalized spacial score (nSPS) is 21.7. The average molecular weight is 671 g/mol. The van der Waals surface area contributed by atoms with Gasteiger partial charge < -0.3 is 8.85 Å². The molecule has 1 rings (SSSR count). The topological polar surface area (TPSA) is 18.5 Å². The van der Waals surface area contributed by atoms with Gasteiger partial charge in [-0.25, -0.2) is 0 Å². The maximum atomic E-state index is 13.2. The lowest BCUT2D eigenvalue weighted by molar-refractivity contribution is -0.314. The molecule has 0 amide bonds. The molecule has 0 saturated heterocycles. The van der Waals surface area contributed by atoms with E-state index < -0.39 is 39.8 Å². The Hall–Kier alpha value is -0.846. The van der Waals surface area contributed by atoms with E-state index in [1.807, 2.05) is 13.8 Å². The molecule has 1 aliphatic carbocycles. The number of alkyl halides is 6. The molecule has 0 aromatic heterocycles. The van der Waals surface area contributed by atoms with Gasteiger partial charge in [0.25, 0.3) is 0 Å². The molecule has 1 saturated carbocycles. The molecule has 44 heavy (non-hydrogen) atoms. The van der Waals surface area contributed by atoms with Crippen LogP contribution in [-0.2, 0) is 8.85 Å². The van der Waals surface area contributed by atoms with Crippen LogP contribution in [0.15, 0.2) is 36.0 Å². The van der Waals surface area contributed by atoms with Crippen molar-refractivity contribution in [2.45, 2.75) is 168 Å². The Kier molecular flexibility index (Phi) is 13.6. The molecule has 10 heteroatoms. The van der Waals surface area contributed by atoms with Gasteiger partial charge >= 0.3 is 12.4 Å². The molecule has 2 nitrogen and oxygen atoms in total. The van der Waals surface area contributed by atoms with Crippen molar-refractivity contribution in [3.8, 4) is 0 Å². The molecule has 1 fully saturated rings. The summed E-state index contributed by atoms with van der Waals surface area (Å²) in [6.45, 7) is 26.6. The van der Waals surface area contributed by atoms with Gasteiger partial charge in [-0.3, -0.25) is 0 Å². The molecule has 0 aliphatic heterocycles. The van der Waals surface area contributed by atoms with Crippen molar-refractivity contribution in [3.05, 3.63) is 36.0 Å². The first-order valence-electron chi connectivity index (χ1n) is 16.0. The minimum atomic E-state index is -5.41. The average Bonchev–Trinajstić information content (AvgIpc) is 2.77. The molecule has 0 N–H and O–H groups in total. The summed E-state index contributed by atoms with van der Waals surface area (Å²) in [6, 6.07) is 0. The molecule has 0 spiro atoms. The smallest absolute Gasteiger partial charge is 0.406 e. The van der Waals surface area contributed by atoms with E-state index in [0.29, 0.717) is 6.42 Å². The summed E-state index contributed by atoms with van der Waals surface area (Å²) < 4.78 is 92.7. The van der Waals surface area contributed by atoms with Crippen LogP contribution in [0.4, 0.5) is 26.3 Å². The van der Waals surface area contributed by atoms with Crippen LogP contribution < -0.4 is 0 Å². The van der Waals surface area contributed by atoms with Gasteiger partial charge in [0.2, 0.25) is 0 Å². The summed E-state index contributed by atoms with van der Waals surface area (Å²) in [6.07, 6.45) is 2.08. The van der Waals surface area contributed by atoms with Crippen molar-refractivity contribution in [1.82, 2.24) is 0 Å². The van der Waals surface area contributed by atoms with Crippen LogP contribution in [0.25, 0.3) is 0 Å². The maximum Gasteiger partial charge on any atom is 0.406 e. The van der Waals surface area contributed by atoms with E-state index >= 15 is 0 Å². The van der Waals surface area contributed by atoms with E-state index in [2.05, 4.69) is 86.0 Å². The second kappa shape index (κ2) is 14.5. The Balaban J connectivity index is 2.89. The summed E-state index contributed by atoms with van der Waals surface area (Å²) in [5.74, 6) is 0. The fourth-order valence-corrected chi connectivity index (χ4v) is 7.43. The third-order valence-corrected chi connectivity index (χ3v) is 19.1. The number of rotatable bonds is 12. The zero-order valence-corrected chi connectivity index (χ0v) is 31.6. The quantitative estimate of drug-likeness (QED) is 0.0890. The van der Waals surface area contributed by atoms with Gasteiger partial charge in [-0.05, 0) is 93.5 Å². The molecule has 0 bridgehead atoms. The van der Waals surface area contributed by atoms with Crippen LogP contribution in [0.2, 0.25) is 36.3 Å². The van der Waals surface area contributed by atoms with Gasteiger partial charge in [0.1, 0.15) is 0 Å². The Morgan fingerprint density at radius 2 is 1.14 bits per heavy atom. The number of allylic oxidation sites excluding steroid dienone is 5. The monoisotopic (exact) mass is 670 g/mol. The van der Waals surface area contributed by atoms with Gasteiger partial charge in [-0.1, -0.05) is 91.3 Å². The minimum absolute atomic E-state index is 0.115. The van der Waals surface area contributed by atoms with Gasteiger partial charge in [0, 0.05) is 0 Å². The van der Waals surface area contributed by atoms with Crippen LogP contribution in [-0.4, -0.2) is 41.2 Å². The molecular formula is C34H60F6O2Si2.